The summed E-state index contributed by atoms with van der Waals surface area (Å²) in [5, 5.41) is 6.70. The first-order chi connectivity index (χ1) is 13.7. The maximum Gasteiger partial charge on any atom is 0.164 e. The van der Waals surface area contributed by atoms with Gasteiger partial charge in [-0.15, -0.1) is 0 Å². The first-order valence-corrected chi connectivity index (χ1v) is 9.17. The van der Waals surface area contributed by atoms with E-state index < -0.39 is 0 Å². The van der Waals surface area contributed by atoms with Crippen LogP contribution in [-0.4, -0.2) is 65.8 Å². The minimum absolute atomic E-state index is 0.627. The van der Waals surface area contributed by atoms with Gasteiger partial charge in [0.2, 0.25) is 0 Å². The number of methoxy groups -OCH3 is 4. The molecule has 0 spiro atoms. The third kappa shape index (κ3) is 4.24. The van der Waals surface area contributed by atoms with Crippen LogP contribution in [0.5, 0.6) is 23.0 Å². The number of hydrazone groups is 1. The molecule has 150 valence electrons. The minimum atomic E-state index is 0.627. The smallest absolute Gasteiger partial charge is 0.164 e. The summed E-state index contributed by atoms with van der Waals surface area (Å²) in [6, 6.07) is 11.8. The highest BCUT2D eigenvalue weighted by molar-refractivity contribution is 5.85. The summed E-state index contributed by atoms with van der Waals surface area (Å²) in [5.41, 5.74) is 1.96. The van der Waals surface area contributed by atoms with E-state index in [1.54, 1.807) is 40.7 Å². The molecule has 1 heterocycles. The SMILES string of the molecule is COc1cc(OC)c(OC)cc1C=NN1CCN(c2ccccc2OC)CC1. The fraction of sp³-hybridized carbons (Fsp3) is 0.381. The molecule has 0 unspecified atom stereocenters. The van der Waals surface area contributed by atoms with Gasteiger partial charge in [0.1, 0.15) is 11.5 Å². The van der Waals surface area contributed by atoms with Crippen LogP contribution >= 0.6 is 0 Å². The van der Waals surface area contributed by atoms with Gasteiger partial charge < -0.3 is 23.8 Å². The second-order valence-electron chi connectivity index (χ2n) is 6.31. The van der Waals surface area contributed by atoms with Crippen LogP contribution in [0.15, 0.2) is 41.5 Å². The van der Waals surface area contributed by atoms with Crippen LogP contribution in [0.25, 0.3) is 0 Å². The van der Waals surface area contributed by atoms with Crippen molar-refractivity contribution in [1.29, 1.82) is 0 Å². The molecule has 0 amide bonds. The van der Waals surface area contributed by atoms with E-state index in [0.717, 1.165) is 43.2 Å². The third-order valence-electron chi connectivity index (χ3n) is 4.78. The second-order valence-corrected chi connectivity index (χ2v) is 6.31. The summed E-state index contributed by atoms with van der Waals surface area (Å²) in [6.45, 7) is 3.40. The van der Waals surface area contributed by atoms with Crippen molar-refractivity contribution >= 4 is 11.9 Å². The molecule has 0 aliphatic carbocycles. The van der Waals surface area contributed by atoms with E-state index in [4.69, 9.17) is 18.9 Å². The number of para-hydroxylation sites is 2. The molecule has 28 heavy (non-hydrogen) atoms. The molecule has 0 N–H and O–H groups in total. The lowest BCUT2D eigenvalue weighted by Crippen LogP contribution is -2.44. The highest BCUT2D eigenvalue weighted by Crippen LogP contribution is 2.34. The molecule has 1 saturated heterocycles. The lowest BCUT2D eigenvalue weighted by Gasteiger charge is -2.35. The maximum absolute atomic E-state index is 5.48. The molecule has 0 aromatic heterocycles. The Bertz CT molecular complexity index is 817. The summed E-state index contributed by atoms with van der Waals surface area (Å²) >= 11 is 0. The van der Waals surface area contributed by atoms with E-state index in [9.17, 15) is 0 Å². The molecule has 1 aliphatic rings. The zero-order chi connectivity index (χ0) is 19.9. The van der Waals surface area contributed by atoms with Gasteiger partial charge in [0.05, 0.1) is 53.4 Å². The topological polar surface area (TPSA) is 55.8 Å². The number of anilines is 1. The fourth-order valence-corrected chi connectivity index (χ4v) is 3.24. The average Bonchev–Trinajstić information content (AvgIpc) is 2.77. The number of ether oxygens (including phenoxy) is 4. The Balaban J connectivity index is 1.68. The van der Waals surface area contributed by atoms with Crippen molar-refractivity contribution in [3.05, 3.63) is 42.0 Å². The molecule has 0 atom stereocenters. The summed E-state index contributed by atoms with van der Waals surface area (Å²) in [7, 11) is 6.55. The predicted octanol–water partition coefficient (Wildman–Crippen LogP) is 2.88. The average molecular weight is 385 g/mol. The van der Waals surface area contributed by atoms with Crippen LogP contribution in [-0.2, 0) is 0 Å². The van der Waals surface area contributed by atoms with Gasteiger partial charge in [-0.3, -0.25) is 5.01 Å². The van der Waals surface area contributed by atoms with E-state index in [0.29, 0.717) is 17.2 Å². The largest absolute Gasteiger partial charge is 0.496 e. The zero-order valence-electron chi connectivity index (χ0n) is 16.8. The molecular formula is C21H27N3O4. The predicted molar refractivity (Wildman–Crippen MR) is 110 cm³/mol. The van der Waals surface area contributed by atoms with E-state index >= 15 is 0 Å². The maximum atomic E-state index is 5.48. The van der Waals surface area contributed by atoms with Gasteiger partial charge in [0.15, 0.2) is 11.5 Å². The number of benzene rings is 2. The molecule has 0 radical (unpaired) electrons. The summed E-state index contributed by atoms with van der Waals surface area (Å²) in [6.07, 6.45) is 1.81. The van der Waals surface area contributed by atoms with Crippen molar-refractivity contribution in [2.75, 3.05) is 59.5 Å². The van der Waals surface area contributed by atoms with Crippen LogP contribution < -0.4 is 23.8 Å². The molecule has 7 nitrogen and oxygen atoms in total. The van der Waals surface area contributed by atoms with E-state index in [1.807, 2.05) is 24.3 Å². The lowest BCUT2D eigenvalue weighted by atomic mass is 10.2. The van der Waals surface area contributed by atoms with Crippen LogP contribution in [0.1, 0.15) is 5.56 Å². The van der Waals surface area contributed by atoms with Crippen molar-refractivity contribution in [2.24, 2.45) is 5.10 Å². The zero-order valence-corrected chi connectivity index (χ0v) is 16.8. The monoisotopic (exact) mass is 385 g/mol. The molecule has 3 rings (SSSR count). The van der Waals surface area contributed by atoms with Crippen molar-refractivity contribution < 1.29 is 18.9 Å². The van der Waals surface area contributed by atoms with Crippen LogP contribution in [0, 0.1) is 0 Å². The Labute approximate surface area is 166 Å². The van der Waals surface area contributed by atoms with Gasteiger partial charge in [0, 0.05) is 24.7 Å². The van der Waals surface area contributed by atoms with Crippen LogP contribution in [0.3, 0.4) is 0 Å². The van der Waals surface area contributed by atoms with Crippen molar-refractivity contribution in [2.45, 2.75) is 0 Å². The summed E-state index contributed by atoms with van der Waals surface area (Å²) in [4.78, 5) is 2.32. The quantitative estimate of drug-likeness (QED) is 0.683. The van der Waals surface area contributed by atoms with Gasteiger partial charge in [0.25, 0.3) is 0 Å². The number of rotatable bonds is 7. The molecule has 1 fully saturated rings. The summed E-state index contributed by atoms with van der Waals surface area (Å²) < 4.78 is 21.6. The molecule has 7 heteroatoms. The minimum Gasteiger partial charge on any atom is -0.496 e. The number of hydrogen-bond acceptors (Lipinski definition) is 7. The van der Waals surface area contributed by atoms with Gasteiger partial charge in [-0.25, -0.2) is 0 Å². The van der Waals surface area contributed by atoms with E-state index in [1.165, 1.54) is 0 Å². The second kappa shape index (κ2) is 9.21. The molecule has 1 aliphatic heterocycles. The molecule has 0 saturated carbocycles. The third-order valence-corrected chi connectivity index (χ3v) is 4.78. The Morgan fingerprint density at radius 1 is 0.750 bits per heavy atom. The van der Waals surface area contributed by atoms with Crippen molar-refractivity contribution in [1.82, 2.24) is 5.01 Å². The Kier molecular flexibility index (Phi) is 6.47. The standard InChI is InChI=1S/C21H27N3O4/c1-25-18-8-6-5-7-17(18)23-9-11-24(12-10-23)22-15-16-13-20(27-3)21(28-4)14-19(16)26-2/h5-8,13-15H,9-12H2,1-4H3. The van der Waals surface area contributed by atoms with Gasteiger partial charge in [-0.05, 0) is 18.2 Å². The number of nitrogens with zero attached hydrogens (tertiary/aromatic N) is 3. The number of piperazine rings is 1. The molecule has 2 aromatic carbocycles. The summed E-state index contributed by atoms with van der Waals surface area (Å²) in [5.74, 6) is 2.86. The Morgan fingerprint density at radius 2 is 1.36 bits per heavy atom. The first-order valence-electron chi connectivity index (χ1n) is 9.17. The first kappa shape index (κ1) is 19.7. The van der Waals surface area contributed by atoms with Crippen molar-refractivity contribution in [3.8, 4) is 23.0 Å². The van der Waals surface area contributed by atoms with Crippen LogP contribution in [0.4, 0.5) is 5.69 Å². The van der Waals surface area contributed by atoms with Crippen molar-refractivity contribution in [3.63, 3.8) is 0 Å². The van der Waals surface area contributed by atoms with Gasteiger partial charge in [-0.1, -0.05) is 12.1 Å². The lowest BCUT2D eigenvalue weighted by molar-refractivity contribution is 0.271. The molecule has 2 aromatic rings. The Morgan fingerprint density at radius 3 is 2.00 bits per heavy atom. The van der Waals surface area contributed by atoms with E-state index in [-0.39, 0.29) is 0 Å². The highest BCUT2D eigenvalue weighted by atomic mass is 16.5. The fourth-order valence-electron chi connectivity index (χ4n) is 3.24. The number of hydrogen-bond donors (Lipinski definition) is 0. The highest BCUT2D eigenvalue weighted by Gasteiger charge is 2.18. The molecule has 0 bridgehead atoms. The Hall–Kier alpha value is -3.09. The van der Waals surface area contributed by atoms with Crippen LogP contribution in [0.2, 0.25) is 0 Å². The van der Waals surface area contributed by atoms with E-state index in [2.05, 4.69) is 21.1 Å². The normalized spacial score (nSPS) is 14.3. The van der Waals surface area contributed by atoms with Gasteiger partial charge in [-0.2, -0.15) is 5.10 Å². The molecular weight excluding hydrogens is 358 g/mol. The van der Waals surface area contributed by atoms with Gasteiger partial charge >= 0.3 is 0 Å².